The predicted molar refractivity (Wildman–Crippen MR) is 141 cm³/mol. The number of aromatic nitrogens is 2. The van der Waals surface area contributed by atoms with Crippen molar-refractivity contribution < 1.29 is 14.3 Å². The number of rotatable bonds is 12. The summed E-state index contributed by atoms with van der Waals surface area (Å²) in [4.78, 5) is 42.9. The summed E-state index contributed by atoms with van der Waals surface area (Å²) in [5.74, 6) is 0.428. The highest BCUT2D eigenvalue weighted by molar-refractivity contribution is 6.07. The number of nitrogen functional groups attached to an aromatic ring is 1. The zero-order valence-corrected chi connectivity index (χ0v) is 21.1. The molecule has 0 aliphatic rings. The largest absolute Gasteiger partial charge is 0.493 e. The number of aromatic amines is 1. The topological polar surface area (TPSA) is 120 Å². The van der Waals surface area contributed by atoms with Crippen LogP contribution in [0.25, 0.3) is 0 Å². The van der Waals surface area contributed by atoms with E-state index in [1.807, 2.05) is 37.3 Å². The van der Waals surface area contributed by atoms with Crippen molar-refractivity contribution in [2.24, 2.45) is 0 Å². The van der Waals surface area contributed by atoms with Crippen LogP contribution in [0.5, 0.6) is 11.5 Å². The fourth-order valence-corrected chi connectivity index (χ4v) is 3.80. The molecule has 0 radical (unpaired) electrons. The van der Waals surface area contributed by atoms with Crippen molar-refractivity contribution in [3.05, 3.63) is 80.5 Å². The molecule has 0 aliphatic heterocycles. The maximum atomic E-state index is 13.8. The van der Waals surface area contributed by atoms with Crippen molar-refractivity contribution in [2.75, 3.05) is 24.4 Å². The number of hydrogen-bond donors (Lipinski definition) is 2. The van der Waals surface area contributed by atoms with Crippen molar-refractivity contribution in [3.8, 4) is 11.5 Å². The van der Waals surface area contributed by atoms with Gasteiger partial charge in [-0.15, -0.1) is 0 Å². The maximum Gasteiger partial charge on any atom is 0.330 e. The number of nitrogens with zero attached hydrogens (tertiary/aromatic N) is 2. The molecule has 0 aliphatic carbocycles. The van der Waals surface area contributed by atoms with Gasteiger partial charge in [0.2, 0.25) is 0 Å². The number of H-pyrrole nitrogens is 1. The van der Waals surface area contributed by atoms with Crippen LogP contribution in [0.3, 0.4) is 0 Å². The van der Waals surface area contributed by atoms with Crippen LogP contribution in [0.2, 0.25) is 0 Å². The Morgan fingerprint density at radius 3 is 2.42 bits per heavy atom. The molecule has 3 aromatic rings. The number of carbonyl (C=O) groups is 1. The summed E-state index contributed by atoms with van der Waals surface area (Å²) >= 11 is 0. The molecule has 1 amide bonds. The second kappa shape index (κ2) is 12.6. The molecule has 0 saturated heterocycles. The van der Waals surface area contributed by atoms with E-state index in [0.29, 0.717) is 31.1 Å². The fraction of sp³-hybridized carbons (Fsp3) is 0.370. The molecular formula is C27H34N4O5. The summed E-state index contributed by atoms with van der Waals surface area (Å²) in [6.07, 6.45) is 3.41. The third kappa shape index (κ3) is 6.16. The number of unbranched alkanes of at least 4 members (excludes halogenated alkanes) is 2. The molecular weight excluding hydrogens is 460 g/mol. The van der Waals surface area contributed by atoms with Crippen LogP contribution in [0, 0.1) is 0 Å². The van der Waals surface area contributed by atoms with Crippen molar-refractivity contribution in [1.29, 1.82) is 0 Å². The van der Waals surface area contributed by atoms with E-state index in [1.54, 1.807) is 18.2 Å². The second-order valence-corrected chi connectivity index (χ2v) is 8.44. The zero-order valence-electron chi connectivity index (χ0n) is 21.1. The summed E-state index contributed by atoms with van der Waals surface area (Å²) in [6.45, 7) is 5.00. The number of anilines is 2. The summed E-state index contributed by atoms with van der Waals surface area (Å²) in [5.41, 5.74) is 6.04. The Labute approximate surface area is 210 Å². The summed E-state index contributed by atoms with van der Waals surface area (Å²) in [7, 11) is 1.50. The van der Waals surface area contributed by atoms with Gasteiger partial charge in [-0.3, -0.25) is 24.0 Å². The van der Waals surface area contributed by atoms with Crippen LogP contribution < -0.4 is 31.4 Å². The first-order valence-electron chi connectivity index (χ1n) is 12.2. The zero-order chi connectivity index (χ0) is 26.1. The van der Waals surface area contributed by atoms with E-state index in [0.717, 1.165) is 24.8 Å². The molecule has 0 fully saturated rings. The van der Waals surface area contributed by atoms with Gasteiger partial charge >= 0.3 is 5.69 Å². The first kappa shape index (κ1) is 26.6. The molecule has 2 aromatic carbocycles. The van der Waals surface area contributed by atoms with E-state index >= 15 is 0 Å². The minimum atomic E-state index is -0.721. The molecule has 1 aromatic heterocycles. The molecule has 3 rings (SSSR count). The minimum absolute atomic E-state index is 0.0482. The van der Waals surface area contributed by atoms with Crippen LogP contribution in [0.4, 0.5) is 11.5 Å². The third-order valence-corrected chi connectivity index (χ3v) is 5.81. The number of amides is 1. The van der Waals surface area contributed by atoms with Gasteiger partial charge in [-0.1, -0.05) is 57.0 Å². The average Bonchev–Trinajstić information content (AvgIpc) is 2.88. The maximum absolute atomic E-state index is 13.8. The van der Waals surface area contributed by atoms with Gasteiger partial charge in [-0.05, 0) is 36.6 Å². The van der Waals surface area contributed by atoms with Crippen molar-refractivity contribution in [1.82, 2.24) is 9.55 Å². The van der Waals surface area contributed by atoms with E-state index in [4.69, 9.17) is 15.2 Å². The third-order valence-electron chi connectivity index (χ3n) is 5.81. The van der Waals surface area contributed by atoms with E-state index in [1.165, 1.54) is 16.6 Å². The molecule has 9 heteroatoms. The Bertz CT molecular complexity index is 1280. The van der Waals surface area contributed by atoms with Crippen LogP contribution in [-0.2, 0) is 13.1 Å². The lowest BCUT2D eigenvalue weighted by atomic mass is 10.1. The molecule has 3 N–H and O–H groups in total. The Balaban J connectivity index is 2.09. The standard InChI is InChI=1S/C27H34N4O5/c1-4-6-15-30-24(28)23(25(32)29-27(30)34)31(18-19-11-9-8-10-12-19)26(33)20-13-14-21(22(17-20)35-3)36-16-7-5-2/h8-14,17H,4-7,15-16,18,28H2,1-3H3,(H,29,32,34). The number of ether oxygens (including phenoxy) is 2. The Morgan fingerprint density at radius 1 is 1.03 bits per heavy atom. The number of carbonyl (C=O) groups excluding carboxylic acids is 1. The van der Waals surface area contributed by atoms with Crippen LogP contribution in [0.1, 0.15) is 55.5 Å². The smallest absolute Gasteiger partial charge is 0.330 e. The lowest BCUT2D eigenvalue weighted by Crippen LogP contribution is -2.41. The summed E-state index contributed by atoms with van der Waals surface area (Å²) in [6, 6.07) is 14.1. The number of nitrogens with one attached hydrogen (secondary N) is 1. The molecule has 0 atom stereocenters. The van der Waals surface area contributed by atoms with Crippen LogP contribution >= 0.6 is 0 Å². The first-order chi connectivity index (χ1) is 17.4. The minimum Gasteiger partial charge on any atom is -0.493 e. The quantitative estimate of drug-likeness (QED) is 0.368. The first-order valence-corrected chi connectivity index (χ1v) is 12.2. The Kier molecular flexibility index (Phi) is 9.32. The van der Waals surface area contributed by atoms with Gasteiger partial charge in [0.25, 0.3) is 11.5 Å². The number of methoxy groups -OCH3 is 1. The normalized spacial score (nSPS) is 10.8. The highest BCUT2D eigenvalue weighted by Crippen LogP contribution is 2.30. The molecule has 1 heterocycles. The molecule has 192 valence electrons. The van der Waals surface area contributed by atoms with E-state index in [9.17, 15) is 14.4 Å². The van der Waals surface area contributed by atoms with Gasteiger partial charge in [-0.25, -0.2) is 4.79 Å². The molecule has 0 spiro atoms. The van der Waals surface area contributed by atoms with Crippen molar-refractivity contribution >= 4 is 17.4 Å². The van der Waals surface area contributed by atoms with Gasteiger partial charge in [-0.2, -0.15) is 0 Å². The highest BCUT2D eigenvalue weighted by atomic mass is 16.5. The van der Waals surface area contributed by atoms with E-state index < -0.39 is 17.2 Å². The van der Waals surface area contributed by atoms with Crippen LogP contribution in [0.15, 0.2) is 58.1 Å². The SMILES string of the molecule is CCCCOc1ccc(C(=O)N(Cc2ccccc2)c2c(N)n(CCCC)c(=O)[nH]c2=O)cc1OC. The predicted octanol–water partition coefficient (Wildman–Crippen LogP) is 3.95. The fourth-order valence-electron chi connectivity index (χ4n) is 3.80. The molecule has 36 heavy (non-hydrogen) atoms. The van der Waals surface area contributed by atoms with Crippen molar-refractivity contribution in [2.45, 2.75) is 52.6 Å². The molecule has 0 bridgehead atoms. The number of nitrogens with two attached hydrogens (primary N) is 1. The van der Waals surface area contributed by atoms with Gasteiger partial charge in [0.05, 0.1) is 20.3 Å². The molecule has 0 unspecified atom stereocenters. The van der Waals surface area contributed by atoms with E-state index in [-0.39, 0.29) is 23.6 Å². The van der Waals surface area contributed by atoms with Gasteiger partial charge < -0.3 is 15.2 Å². The van der Waals surface area contributed by atoms with Gasteiger partial charge in [0, 0.05) is 12.1 Å². The van der Waals surface area contributed by atoms with Crippen LogP contribution in [-0.4, -0.2) is 29.2 Å². The monoisotopic (exact) mass is 494 g/mol. The highest BCUT2D eigenvalue weighted by Gasteiger charge is 2.26. The van der Waals surface area contributed by atoms with E-state index in [2.05, 4.69) is 11.9 Å². The average molecular weight is 495 g/mol. The Hall–Kier alpha value is -4.01. The molecule has 0 saturated carbocycles. The Morgan fingerprint density at radius 2 is 1.75 bits per heavy atom. The number of benzene rings is 2. The number of hydrogen-bond acceptors (Lipinski definition) is 6. The summed E-state index contributed by atoms with van der Waals surface area (Å²) < 4.78 is 12.6. The lowest BCUT2D eigenvalue weighted by molar-refractivity contribution is 0.0984. The second-order valence-electron chi connectivity index (χ2n) is 8.44. The van der Waals surface area contributed by atoms with Gasteiger partial charge in [0.15, 0.2) is 17.2 Å². The summed E-state index contributed by atoms with van der Waals surface area (Å²) in [5, 5.41) is 0. The van der Waals surface area contributed by atoms with Crippen molar-refractivity contribution in [3.63, 3.8) is 0 Å². The van der Waals surface area contributed by atoms with Gasteiger partial charge in [0.1, 0.15) is 5.82 Å². The lowest BCUT2D eigenvalue weighted by Gasteiger charge is -2.25. The molecule has 9 nitrogen and oxygen atoms in total.